The summed E-state index contributed by atoms with van der Waals surface area (Å²) in [5.41, 5.74) is 3.04. The molecular weight excluding hydrogens is 256 g/mol. The van der Waals surface area contributed by atoms with Crippen molar-refractivity contribution in [3.8, 4) is 11.3 Å². The van der Waals surface area contributed by atoms with E-state index in [1.165, 1.54) is 0 Å². The molecule has 1 aromatic carbocycles. The third kappa shape index (κ3) is 3.91. The van der Waals surface area contributed by atoms with Crippen LogP contribution in [0.25, 0.3) is 11.3 Å². The van der Waals surface area contributed by atoms with E-state index in [1.807, 2.05) is 24.3 Å². The average Bonchev–Trinajstić information content (AvgIpc) is 3.02. The summed E-state index contributed by atoms with van der Waals surface area (Å²) in [5.74, 6) is 0. The Morgan fingerprint density at radius 2 is 2.05 bits per heavy atom. The lowest BCUT2D eigenvalue weighted by molar-refractivity contribution is -0.0936. The van der Waals surface area contributed by atoms with Gasteiger partial charge in [-0.3, -0.25) is 4.99 Å². The topological polar surface area (TPSA) is 71.5 Å². The van der Waals surface area contributed by atoms with Crippen molar-refractivity contribution < 1.29 is 9.47 Å². The monoisotopic (exact) mass is 274 g/mol. The summed E-state index contributed by atoms with van der Waals surface area (Å²) in [6.07, 6.45) is 4.78. The third-order valence-corrected chi connectivity index (χ3v) is 2.80. The van der Waals surface area contributed by atoms with Gasteiger partial charge in [0.05, 0.1) is 31.1 Å². The van der Waals surface area contributed by atoms with Gasteiger partial charge in [0.15, 0.2) is 6.29 Å². The van der Waals surface area contributed by atoms with Gasteiger partial charge in [-0.15, -0.1) is 0 Å². The van der Waals surface area contributed by atoms with Crippen molar-refractivity contribution in [1.82, 2.24) is 9.97 Å². The summed E-state index contributed by atoms with van der Waals surface area (Å²) in [6.45, 7) is 0.451. The average molecular weight is 274 g/mol. The maximum atomic E-state index is 5.04. The number of imidazole rings is 1. The molecule has 0 saturated carbocycles. The van der Waals surface area contributed by atoms with Crippen molar-refractivity contribution in [2.24, 2.45) is 4.99 Å². The number of anilines is 1. The Morgan fingerprint density at radius 1 is 1.30 bits per heavy atom. The number of methoxy groups -OCH3 is 2. The van der Waals surface area contributed by atoms with Crippen LogP contribution in [0.4, 0.5) is 5.69 Å². The van der Waals surface area contributed by atoms with Crippen LogP contribution in [0.15, 0.2) is 41.8 Å². The van der Waals surface area contributed by atoms with E-state index >= 15 is 0 Å². The predicted molar refractivity (Wildman–Crippen MR) is 78.8 cm³/mol. The lowest BCUT2D eigenvalue weighted by atomic mass is 10.1. The molecule has 2 rings (SSSR count). The second kappa shape index (κ2) is 7.42. The SMILES string of the molecule is COC(CN=CNc1ccc(-c2cnc[nH]2)cc1)OC. The Morgan fingerprint density at radius 3 is 2.65 bits per heavy atom. The van der Waals surface area contributed by atoms with Crippen LogP contribution in [0, 0.1) is 0 Å². The lowest BCUT2D eigenvalue weighted by Crippen LogP contribution is -2.17. The molecule has 0 atom stereocenters. The summed E-state index contributed by atoms with van der Waals surface area (Å²) in [7, 11) is 3.18. The number of aromatic nitrogens is 2. The highest BCUT2D eigenvalue weighted by Crippen LogP contribution is 2.18. The van der Waals surface area contributed by atoms with Crippen LogP contribution in [0.1, 0.15) is 0 Å². The standard InChI is InChI=1S/C14H18N4O2/c1-19-14(20-2)8-16-9-17-12-5-3-11(4-6-12)13-7-15-10-18-13/h3-7,9-10,14H,8H2,1-2H3,(H,15,18)(H,16,17). The van der Waals surface area contributed by atoms with E-state index in [0.717, 1.165) is 16.9 Å². The Balaban J connectivity index is 1.86. The molecule has 2 aromatic rings. The highest BCUT2D eigenvalue weighted by molar-refractivity contribution is 5.76. The maximum absolute atomic E-state index is 5.04. The maximum Gasteiger partial charge on any atom is 0.176 e. The number of hydrogen-bond donors (Lipinski definition) is 2. The van der Waals surface area contributed by atoms with Gasteiger partial charge < -0.3 is 19.8 Å². The number of aliphatic imine (C=N–C) groups is 1. The largest absolute Gasteiger partial charge is 0.354 e. The fraction of sp³-hybridized carbons (Fsp3) is 0.286. The van der Waals surface area contributed by atoms with Crippen LogP contribution < -0.4 is 5.32 Å². The van der Waals surface area contributed by atoms with Gasteiger partial charge in [0.2, 0.25) is 0 Å². The van der Waals surface area contributed by atoms with E-state index < -0.39 is 0 Å². The number of aromatic amines is 1. The summed E-state index contributed by atoms with van der Waals surface area (Å²) >= 11 is 0. The number of nitrogens with one attached hydrogen (secondary N) is 2. The number of ether oxygens (including phenoxy) is 2. The Bertz CT molecular complexity index is 519. The van der Waals surface area contributed by atoms with Gasteiger partial charge >= 0.3 is 0 Å². The second-order valence-electron chi connectivity index (χ2n) is 4.08. The molecule has 6 nitrogen and oxygen atoms in total. The molecule has 0 amide bonds. The van der Waals surface area contributed by atoms with E-state index in [-0.39, 0.29) is 6.29 Å². The van der Waals surface area contributed by atoms with E-state index in [0.29, 0.717) is 6.54 Å². The van der Waals surface area contributed by atoms with Gasteiger partial charge in [-0.2, -0.15) is 0 Å². The van der Waals surface area contributed by atoms with Gasteiger partial charge in [0, 0.05) is 19.9 Å². The van der Waals surface area contributed by atoms with Crippen molar-refractivity contribution in [3.05, 3.63) is 36.8 Å². The van der Waals surface area contributed by atoms with Crippen molar-refractivity contribution in [3.63, 3.8) is 0 Å². The number of nitrogens with zero attached hydrogens (tertiary/aromatic N) is 2. The van der Waals surface area contributed by atoms with Crippen LogP contribution in [0.3, 0.4) is 0 Å². The Hall–Kier alpha value is -2.18. The zero-order valence-corrected chi connectivity index (χ0v) is 11.5. The minimum absolute atomic E-state index is 0.309. The Labute approximate surface area is 117 Å². The molecule has 6 heteroatoms. The first-order valence-corrected chi connectivity index (χ1v) is 6.22. The zero-order chi connectivity index (χ0) is 14.2. The van der Waals surface area contributed by atoms with Crippen molar-refractivity contribution in [2.75, 3.05) is 26.1 Å². The van der Waals surface area contributed by atoms with E-state index in [4.69, 9.17) is 9.47 Å². The number of rotatable bonds is 7. The minimum atomic E-state index is -0.309. The molecular formula is C14H18N4O2. The van der Waals surface area contributed by atoms with Crippen molar-refractivity contribution in [1.29, 1.82) is 0 Å². The molecule has 106 valence electrons. The zero-order valence-electron chi connectivity index (χ0n) is 11.5. The van der Waals surface area contributed by atoms with E-state index in [9.17, 15) is 0 Å². The smallest absolute Gasteiger partial charge is 0.176 e. The van der Waals surface area contributed by atoms with Gasteiger partial charge in [-0.1, -0.05) is 12.1 Å². The molecule has 0 radical (unpaired) electrons. The van der Waals surface area contributed by atoms with Crippen molar-refractivity contribution in [2.45, 2.75) is 6.29 Å². The number of H-pyrrole nitrogens is 1. The highest BCUT2D eigenvalue weighted by Gasteiger charge is 2.01. The summed E-state index contributed by atoms with van der Waals surface area (Å²) in [4.78, 5) is 11.2. The Kier molecular flexibility index (Phi) is 5.28. The van der Waals surface area contributed by atoms with Crippen LogP contribution in [0.5, 0.6) is 0 Å². The molecule has 0 saturated heterocycles. The fourth-order valence-electron chi connectivity index (χ4n) is 1.66. The lowest BCUT2D eigenvalue weighted by Gasteiger charge is -2.09. The molecule has 0 aliphatic rings. The van der Waals surface area contributed by atoms with Gasteiger partial charge in [-0.25, -0.2) is 4.98 Å². The first-order chi connectivity index (χ1) is 9.83. The van der Waals surface area contributed by atoms with E-state index in [2.05, 4.69) is 20.3 Å². The molecule has 1 heterocycles. The van der Waals surface area contributed by atoms with Gasteiger partial charge in [0.1, 0.15) is 0 Å². The summed E-state index contributed by atoms with van der Waals surface area (Å²) in [5, 5.41) is 3.09. The van der Waals surface area contributed by atoms with Crippen LogP contribution in [-0.2, 0) is 9.47 Å². The molecule has 0 spiro atoms. The second-order valence-corrected chi connectivity index (χ2v) is 4.08. The molecule has 0 aliphatic carbocycles. The normalized spacial score (nSPS) is 11.3. The number of benzene rings is 1. The fourth-order valence-corrected chi connectivity index (χ4v) is 1.66. The van der Waals surface area contributed by atoms with Crippen LogP contribution in [-0.4, -0.2) is 43.4 Å². The summed E-state index contributed by atoms with van der Waals surface area (Å²) < 4.78 is 10.1. The molecule has 0 fully saturated rings. The minimum Gasteiger partial charge on any atom is -0.354 e. The quantitative estimate of drug-likeness (QED) is 0.461. The van der Waals surface area contributed by atoms with E-state index in [1.54, 1.807) is 33.1 Å². The molecule has 0 aliphatic heterocycles. The molecule has 2 N–H and O–H groups in total. The van der Waals surface area contributed by atoms with Crippen LogP contribution in [0.2, 0.25) is 0 Å². The molecule has 1 aromatic heterocycles. The summed E-state index contributed by atoms with van der Waals surface area (Å²) in [6, 6.07) is 7.98. The number of hydrogen-bond acceptors (Lipinski definition) is 4. The predicted octanol–water partition coefficient (Wildman–Crippen LogP) is 2.14. The van der Waals surface area contributed by atoms with Crippen LogP contribution >= 0.6 is 0 Å². The first-order valence-electron chi connectivity index (χ1n) is 6.22. The van der Waals surface area contributed by atoms with Gasteiger partial charge in [0.25, 0.3) is 0 Å². The highest BCUT2D eigenvalue weighted by atomic mass is 16.7. The third-order valence-electron chi connectivity index (χ3n) is 2.80. The first kappa shape index (κ1) is 14.2. The van der Waals surface area contributed by atoms with Crippen molar-refractivity contribution >= 4 is 12.0 Å². The molecule has 20 heavy (non-hydrogen) atoms. The molecule has 0 bridgehead atoms. The van der Waals surface area contributed by atoms with Gasteiger partial charge in [-0.05, 0) is 17.7 Å². The molecule has 0 unspecified atom stereocenters.